The van der Waals surface area contributed by atoms with Gasteiger partial charge in [0.2, 0.25) is 0 Å². The Morgan fingerprint density at radius 2 is 2.28 bits per heavy atom. The van der Waals surface area contributed by atoms with Gasteiger partial charge in [0, 0.05) is 42.7 Å². The Labute approximate surface area is 174 Å². The predicted molar refractivity (Wildman–Crippen MR) is 112 cm³/mol. The fourth-order valence-electron chi connectivity index (χ4n) is 3.31. The minimum Gasteiger partial charge on any atom is -0.449 e. The van der Waals surface area contributed by atoms with Crippen molar-refractivity contribution in [1.29, 1.82) is 5.26 Å². The summed E-state index contributed by atoms with van der Waals surface area (Å²) >= 11 is 1.54. The van der Waals surface area contributed by atoms with E-state index >= 15 is 0 Å². The van der Waals surface area contributed by atoms with E-state index in [4.69, 9.17) is 4.74 Å². The summed E-state index contributed by atoms with van der Waals surface area (Å²) < 4.78 is 5.32. The maximum atomic E-state index is 12.4. The molecule has 1 atom stereocenters. The van der Waals surface area contributed by atoms with Crippen LogP contribution in [0.5, 0.6) is 0 Å². The van der Waals surface area contributed by atoms with Gasteiger partial charge in [0.1, 0.15) is 6.07 Å². The number of aromatic nitrogens is 1. The Kier molecular flexibility index (Phi) is 6.78. The number of pyridine rings is 1. The molecule has 2 aromatic heterocycles. The molecule has 3 rings (SSSR count). The zero-order valence-corrected chi connectivity index (χ0v) is 17.4. The van der Waals surface area contributed by atoms with Crippen molar-refractivity contribution in [2.75, 3.05) is 20.7 Å². The first-order chi connectivity index (χ1) is 14.0. The number of allylic oxidation sites excluding steroid dienone is 1. The maximum Gasteiger partial charge on any atom is 0.409 e. The van der Waals surface area contributed by atoms with Crippen molar-refractivity contribution >= 4 is 29.3 Å². The lowest BCUT2D eigenvalue weighted by Crippen LogP contribution is -2.27. The summed E-state index contributed by atoms with van der Waals surface area (Å²) in [5.74, 6) is 0.200. The van der Waals surface area contributed by atoms with Gasteiger partial charge in [-0.05, 0) is 54.5 Å². The standard InChI is InChI=1S/C22H23N3O3S/c1-25(2)22(27)28-14-16-6-8-18-19(12-23)21(29-20(18)10-16)11-17(26)7-5-15-4-3-9-24-13-15/h3-5,7,9,13,16H,6,8,10-11,14H2,1-2H3/b7-5+/t16-/m0/s1. The van der Waals surface area contributed by atoms with Crippen LogP contribution >= 0.6 is 11.3 Å². The molecule has 0 unspecified atom stereocenters. The number of thiophene rings is 1. The summed E-state index contributed by atoms with van der Waals surface area (Å²) in [6.07, 6.45) is 8.95. The summed E-state index contributed by atoms with van der Waals surface area (Å²) in [6, 6.07) is 5.99. The third-order valence-corrected chi connectivity index (χ3v) is 6.09. The van der Waals surface area contributed by atoms with Gasteiger partial charge in [-0.2, -0.15) is 5.26 Å². The van der Waals surface area contributed by atoms with Gasteiger partial charge in [-0.3, -0.25) is 9.78 Å². The van der Waals surface area contributed by atoms with Gasteiger partial charge in [0.15, 0.2) is 5.78 Å². The van der Waals surface area contributed by atoms with Crippen molar-refractivity contribution in [2.24, 2.45) is 5.92 Å². The van der Waals surface area contributed by atoms with Crippen LogP contribution in [0.4, 0.5) is 4.79 Å². The SMILES string of the molecule is CN(C)C(=O)OC[C@H]1CCc2c(sc(CC(=O)/C=C/c3cccnc3)c2C#N)C1. The van der Waals surface area contributed by atoms with Crippen molar-refractivity contribution in [3.8, 4) is 6.07 Å². The maximum absolute atomic E-state index is 12.4. The van der Waals surface area contributed by atoms with Crippen LogP contribution in [-0.2, 0) is 28.8 Å². The monoisotopic (exact) mass is 409 g/mol. The smallest absolute Gasteiger partial charge is 0.409 e. The zero-order valence-electron chi connectivity index (χ0n) is 16.6. The molecule has 6 nitrogen and oxygen atoms in total. The molecule has 0 saturated carbocycles. The van der Waals surface area contributed by atoms with Crippen LogP contribution < -0.4 is 0 Å². The van der Waals surface area contributed by atoms with E-state index in [1.54, 1.807) is 50.0 Å². The van der Waals surface area contributed by atoms with E-state index in [-0.39, 0.29) is 24.2 Å². The van der Waals surface area contributed by atoms with Gasteiger partial charge < -0.3 is 9.64 Å². The topological polar surface area (TPSA) is 83.3 Å². The number of nitrogens with zero attached hydrogens (tertiary/aromatic N) is 3. The van der Waals surface area contributed by atoms with E-state index in [0.29, 0.717) is 12.2 Å². The highest BCUT2D eigenvalue weighted by Crippen LogP contribution is 2.36. The number of nitriles is 1. The molecule has 29 heavy (non-hydrogen) atoms. The van der Waals surface area contributed by atoms with E-state index in [0.717, 1.165) is 40.1 Å². The highest BCUT2D eigenvalue weighted by Gasteiger charge is 2.27. The van der Waals surface area contributed by atoms with Crippen molar-refractivity contribution in [3.05, 3.63) is 57.0 Å². The highest BCUT2D eigenvalue weighted by atomic mass is 32.1. The highest BCUT2D eigenvalue weighted by molar-refractivity contribution is 7.12. The molecule has 2 heterocycles. The van der Waals surface area contributed by atoms with Crippen LogP contribution in [0.2, 0.25) is 0 Å². The molecule has 1 aliphatic carbocycles. The molecule has 0 saturated heterocycles. The number of fused-ring (bicyclic) bond motifs is 1. The third kappa shape index (κ3) is 5.30. The normalized spacial score (nSPS) is 15.6. The number of hydrogen-bond acceptors (Lipinski definition) is 6. The van der Waals surface area contributed by atoms with Gasteiger partial charge in [-0.25, -0.2) is 4.79 Å². The van der Waals surface area contributed by atoms with Gasteiger partial charge in [-0.15, -0.1) is 11.3 Å². The van der Waals surface area contributed by atoms with E-state index in [1.165, 1.54) is 4.90 Å². The van der Waals surface area contributed by atoms with E-state index in [2.05, 4.69) is 11.1 Å². The number of amides is 1. The van der Waals surface area contributed by atoms with E-state index in [9.17, 15) is 14.9 Å². The van der Waals surface area contributed by atoms with Crippen molar-refractivity contribution in [3.63, 3.8) is 0 Å². The summed E-state index contributed by atoms with van der Waals surface area (Å²) in [4.78, 5) is 31.4. The van der Waals surface area contributed by atoms with Crippen LogP contribution in [0.15, 0.2) is 30.6 Å². The molecule has 0 aliphatic heterocycles. The summed E-state index contributed by atoms with van der Waals surface area (Å²) in [5, 5.41) is 9.63. The van der Waals surface area contributed by atoms with Crippen LogP contribution in [0, 0.1) is 17.2 Å². The number of carbonyl (C=O) groups is 2. The van der Waals surface area contributed by atoms with E-state index in [1.807, 2.05) is 12.1 Å². The van der Waals surface area contributed by atoms with Crippen LogP contribution in [0.3, 0.4) is 0 Å². The van der Waals surface area contributed by atoms with Crippen LogP contribution in [0.25, 0.3) is 6.08 Å². The fourth-order valence-corrected chi connectivity index (χ4v) is 4.74. The average Bonchev–Trinajstić information content (AvgIpc) is 3.07. The molecule has 7 heteroatoms. The number of ketones is 1. The number of hydrogen-bond donors (Lipinski definition) is 0. The fraction of sp³-hybridized carbons (Fsp3) is 0.364. The third-order valence-electron chi connectivity index (χ3n) is 4.84. The molecule has 1 aliphatic rings. The molecule has 1 amide bonds. The summed E-state index contributed by atoms with van der Waals surface area (Å²) in [6.45, 7) is 0.373. The zero-order chi connectivity index (χ0) is 20.8. The minimum absolute atomic E-state index is 0.0413. The van der Waals surface area contributed by atoms with Crippen molar-refractivity contribution in [1.82, 2.24) is 9.88 Å². The Bertz CT molecular complexity index is 958. The Morgan fingerprint density at radius 1 is 1.45 bits per heavy atom. The number of ether oxygens (including phenoxy) is 1. The van der Waals surface area contributed by atoms with Crippen molar-refractivity contribution < 1.29 is 14.3 Å². The molecule has 150 valence electrons. The largest absolute Gasteiger partial charge is 0.449 e. The lowest BCUT2D eigenvalue weighted by molar-refractivity contribution is -0.113. The molecular weight excluding hydrogens is 386 g/mol. The molecule has 0 radical (unpaired) electrons. The molecular formula is C22H23N3O3S. The average molecular weight is 410 g/mol. The predicted octanol–water partition coefficient (Wildman–Crippen LogP) is 3.64. The second-order valence-electron chi connectivity index (χ2n) is 7.26. The van der Waals surface area contributed by atoms with Gasteiger partial charge >= 0.3 is 6.09 Å². The minimum atomic E-state index is -0.341. The number of carbonyl (C=O) groups excluding carboxylic acids is 2. The Balaban J connectivity index is 1.66. The van der Waals surface area contributed by atoms with Crippen LogP contribution in [0.1, 0.15) is 32.9 Å². The van der Waals surface area contributed by atoms with Gasteiger partial charge in [0.25, 0.3) is 0 Å². The molecule has 0 bridgehead atoms. The Morgan fingerprint density at radius 3 is 2.97 bits per heavy atom. The lowest BCUT2D eigenvalue weighted by atomic mass is 9.87. The first-order valence-electron chi connectivity index (χ1n) is 9.46. The number of rotatable bonds is 6. The molecule has 0 fully saturated rings. The lowest BCUT2D eigenvalue weighted by Gasteiger charge is -2.22. The molecule has 2 aromatic rings. The molecule has 0 spiro atoms. The summed E-state index contributed by atoms with van der Waals surface area (Å²) in [7, 11) is 3.32. The van der Waals surface area contributed by atoms with Gasteiger partial charge in [-0.1, -0.05) is 6.07 Å². The summed E-state index contributed by atoms with van der Waals surface area (Å²) in [5.41, 5.74) is 2.57. The van der Waals surface area contributed by atoms with Crippen LogP contribution in [-0.4, -0.2) is 42.5 Å². The first kappa shape index (κ1) is 20.7. The molecule has 0 aromatic carbocycles. The first-order valence-corrected chi connectivity index (χ1v) is 10.3. The van der Waals surface area contributed by atoms with Gasteiger partial charge in [0.05, 0.1) is 12.2 Å². The second-order valence-corrected chi connectivity index (χ2v) is 8.45. The second kappa shape index (κ2) is 9.48. The molecule has 0 N–H and O–H groups in total. The van der Waals surface area contributed by atoms with E-state index < -0.39 is 0 Å². The van der Waals surface area contributed by atoms with Crippen molar-refractivity contribution in [2.45, 2.75) is 25.7 Å². The Hall–Kier alpha value is -2.98. The quantitative estimate of drug-likeness (QED) is 0.680.